The molecule has 12 nitrogen and oxygen atoms in total. The first-order chi connectivity index (χ1) is 19.4. The van der Waals surface area contributed by atoms with Gasteiger partial charge in [-0.2, -0.15) is 10.2 Å². The molecule has 2 amide bonds. The zero-order chi connectivity index (χ0) is 28.2. The van der Waals surface area contributed by atoms with E-state index >= 15 is 0 Å². The third-order valence-corrected chi connectivity index (χ3v) is 7.14. The molecule has 208 valence electrons. The van der Waals surface area contributed by atoms with Gasteiger partial charge in [-0.3, -0.25) is 14.0 Å². The number of aromatic nitrogens is 3. The lowest BCUT2D eigenvalue weighted by atomic mass is 9.97. The average molecular weight is 545 g/mol. The number of anilines is 3. The molecule has 12 heteroatoms. The first-order valence-electron chi connectivity index (χ1n) is 13.2. The van der Waals surface area contributed by atoms with Crippen LogP contribution < -0.4 is 25.8 Å². The van der Waals surface area contributed by atoms with Gasteiger partial charge in [0.15, 0.2) is 11.5 Å². The molecule has 0 radical (unpaired) electrons. The van der Waals surface area contributed by atoms with Crippen molar-refractivity contribution in [2.75, 3.05) is 44.5 Å². The van der Waals surface area contributed by atoms with Crippen molar-refractivity contribution in [3.8, 4) is 17.6 Å². The van der Waals surface area contributed by atoms with Crippen LogP contribution in [0.4, 0.5) is 17.5 Å². The van der Waals surface area contributed by atoms with E-state index in [9.17, 15) is 14.9 Å². The second-order valence-corrected chi connectivity index (χ2v) is 10.0. The zero-order valence-electron chi connectivity index (χ0n) is 22.5. The van der Waals surface area contributed by atoms with Gasteiger partial charge in [0.25, 0.3) is 11.8 Å². The molecule has 0 bridgehead atoms. The number of hydrogen-bond acceptors (Lipinski definition) is 9. The maximum absolute atomic E-state index is 13.0. The van der Waals surface area contributed by atoms with Crippen LogP contribution in [-0.2, 0) is 4.79 Å². The van der Waals surface area contributed by atoms with Crippen LogP contribution in [0.5, 0.6) is 11.5 Å². The molecular weight excluding hydrogens is 512 g/mol. The molecule has 2 fully saturated rings. The zero-order valence-corrected chi connectivity index (χ0v) is 22.5. The number of primary amides is 1. The summed E-state index contributed by atoms with van der Waals surface area (Å²) < 4.78 is 12.4. The Morgan fingerprint density at radius 3 is 2.60 bits per heavy atom. The van der Waals surface area contributed by atoms with Gasteiger partial charge in [0, 0.05) is 55.9 Å². The minimum absolute atomic E-state index is 0.137. The Hall–Kier alpha value is -4.79. The number of carbonyl (C=O) groups is 2. The van der Waals surface area contributed by atoms with Gasteiger partial charge in [-0.25, -0.2) is 4.98 Å². The van der Waals surface area contributed by atoms with Crippen LogP contribution in [0.25, 0.3) is 5.65 Å². The molecule has 1 aromatic carbocycles. The molecule has 1 aliphatic carbocycles. The number of methoxy groups -OCH3 is 2. The molecule has 1 saturated carbocycles. The summed E-state index contributed by atoms with van der Waals surface area (Å²) in [6.07, 6.45) is 8.94. The molecule has 2 aromatic heterocycles. The maximum atomic E-state index is 13.0. The summed E-state index contributed by atoms with van der Waals surface area (Å²) in [5, 5.41) is 16.1. The average Bonchev–Trinajstić information content (AvgIpc) is 3.66. The van der Waals surface area contributed by atoms with Gasteiger partial charge in [0.2, 0.25) is 5.95 Å². The van der Waals surface area contributed by atoms with Crippen molar-refractivity contribution in [1.29, 1.82) is 5.26 Å². The van der Waals surface area contributed by atoms with Crippen molar-refractivity contribution >= 4 is 34.9 Å². The number of nitrogens with two attached hydrogens (primary N) is 1. The summed E-state index contributed by atoms with van der Waals surface area (Å²) in [6.45, 7) is 1.70. The van der Waals surface area contributed by atoms with E-state index in [1.807, 2.05) is 6.08 Å². The summed E-state index contributed by atoms with van der Waals surface area (Å²) in [7, 11) is 3.10. The van der Waals surface area contributed by atoms with Gasteiger partial charge in [0.1, 0.15) is 28.7 Å². The molecule has 2 aliphatic rings. The fourth-order valence-electron chi connectivity index (χ4n) is 4.92. The second kappa shape index (κ2) is 11.5. The maximum Gasteiger partial charge on any atom is 0.264 e. The number of nitrogens with zero attached hydrogens (tertiary/aromatic N) is 5. The molecule has 1 aliphatic heterocycles. The summed E-state index contributed by atoms with van der Waals surface area (Å²) in [4.78, 5) is 36.3. The van der Waals surface area contributed by atoms with E-state index in [-0.39, 0.29) is 28.8 Å². The SMILES string of the molecule is COc1cc(Nc2nc(NCC3CCCN(C(=O)/C(C#N)=C\C4CC4)C3)n3ccnc3c2C(N)=O)cc(OC)c1. The Morgan fingerprint density at radius 2 is 1.95 bits per heavy atom. The number of amides is 2. The fraction of sp³-hybridized carbons (Fsp3) is 0.393. The summed E-state index contributed by atoms with van der Waals surface area (Å²) >= 11 is 0. The lowest BCUT2D eigenvalue weighted by molar-refractivity contribution is -0.128. The molecule has 40 heavy (non-hydrogen) atoms. The van der Waals surface area contributed by atoms with Crippen LogP contribution in [-0.4, -0.2) is 64.9 Å². The second-order valence-electron chi connectivity index (χ2n) is 10.0. The van der Waals surface area contributed by atoms with Crippen molar-refractivity contribution in [2.24, 2.45) is 17.6 Å². The monoisotopic (exact) mass is 544 g/mol. The minimum Gasteiger partial charge on any atom is -0.497 e. The van der Waals surface area contributed by atoms with E-state index in [1.165, 1.54) is 0 Å². The smallest absolute Gasteiger partial charge is 0.264 e. The number of hydrogen-bond donors (Lipinski definition) is 3. The molecule has 4 N–H and O–H groups in total. The first kappa shape index (κ1) is 26.8. The Labute approximate surface area is 231 Å². The summed E-state index contributed by atoms with van der Waals surface area (Å²) in [5.41, 5.74) is 7.07. The molecule has 1 atom stereocenters. The largest absolute Gasteiger partial charge is 0.497 e. The number of allylic oxidation sites excluding steroid dienone is 1. The van der Waals surface area contributed by atoms with Crippen LogP contribution in [0.2, 0.25) is 0 Å². The van der Waals surface area contributed by atoms with Crippen molar-refractivity contribution in [3.63, 3.8) is 0 Å². The van der Waals surface area contributed by atoms with Gasteiger partial charge in [-0.1, -0.05) is 6.08 Å². The number of piperidine rings is 1. The lowest BCUT2D eigenvalue weighted by Crippen LogP contribution is -2.42. The Morgan fingerprint density at radius 1 is 1.20 bits per heavy atom. The van der Waals surface area contributed by atoms with Gasteiger partial charge in [-0.15, -0.1) is 0 Å². The molecule has 5 rings (SSSR count). The number of imidazole rings is 1. The number of ether oxygens (including phenoxy) is 2. The highest BCUT2D eigenvalue weighted by Crippen LogP contribution is 2.32. The van der Waals surface area contributed by atoms with Crippen molar-refractivity contribution < 1.29 is 19.1 Å². The first-order valence-corrected chi connectivity index (χ1v) is 13.2. The van der Waals surface area contributed by atoms with Crippen LogP contribution in [0, 0.1) is 23.2 Å². The van der Waals surface area contributed by atoms with Crippen molar-refractivity contribution in [2.45, 2.75) is 25.7 Å². The normalized spacial score (nSPS) is 17.3. The highest BCUT2D eigenvalue weighted by atomic mass is 16.5. The van der Waals surface area contributed by atoms with Crippen molar-refractivity contribution in [1.82, 2.24) is 19.3 Å². The highest BCUT2D eigenvalue weighted by Gasteiger charge is 2.28. The standard InChI is InChI=1S/C28H32N8O4/c1-39-21-11-20(12-22(13-21)40-2)33-25-23(24(30)37)26-31-7-9-36(26)28(34-25)32-15-18-4-3-8-35(16-18)27(38)19(14-29)10-17-5-6-17/h7,9-13,17-18,33H,3-6,8,15-16H2,1-2H3,(H2,30,37)(H,32,34)/b19-10-. The van der Waals surface area contributed by atoms with Crippen LogP contribution >= 0.6 is 0 Å². The number of fused-ring (bicyclic) bond motifs is 1. The predicted octanol–water partition coefficient (Wildman–Crippen LogP) is 3.10. The molecule has 1 unspecified atom stereocenters. The quantitative estimate of drug-likeness (QED) is 0.257. The highest BCUT2D eigenvalue weighted by molar-refractivity contribution is 6.04. The Bertz CT molecular complexity index is 1480. The van der Waals surface area contributed by atoms with Gasteiger partial charge >= 0.3 is 0 Å². The van der Waals surface area contributed by atoms with E-state index in [0.717, 1.165) is 25.7 Å². The molecule has 3 aromatic rings. The van der Waals surface area contributed by atoms with Crippen LogP contribution in [0.15, 0.2) is 42.2 Å². The number of nitriles is 1. The van der Waals surface area contributed by atoms with Crippen LogP contribution in [0.1, 0.15) is 36.0 Å². The molecule has 3 heterocycles. The Kier molecular flexibility index (Phi) is 7.72. The van der Waals surface area contributed by atoms with E-state index < -0.39 is 5.91 Å². The third kappa shape index (κ3) is 5.78. The van der Waals surface area contributed by atoms with Gasteiger partial charge in [0.05, 0.1) is 14.2 Å². The van der Waals surface area contributed by atoms with E-state index in [0.29, 0.717) is 54.3 Å². The number of rotatable bonds is 10. The Balaban J connectivity index is 1.38. The minimum atomic E-state index is -0.679. The van der Waals surface area contributed by atoms with E-state index in [4.69, 9.17) is 20.2 Å². The predicted molar refractivity (Wildman–Crippen MR) is 149 cm³/mol. The molecule has 1 saturated heterocycles. The third-order valence-electron chi connectivity index (χ3n) is 7.14. The van der Waals surface area contributed by atoms with Gasteiger partial charge < -0.3 is 30.7 Å². The number of nitrogens with one attached hydrogen (secondary N) is 2. The molecular formula is C28H32N8O4. The number of benzene rings is 1. The van der Waals surface area contributed by atoms with Gasteiger partial charge in [-0.05, 0) is 37.5 Å². The summed E-state index contributed by atoms with van der Waals surface area (Å²) in [6, 6.07) is 7.32. The van der Waals surface area contributed by atoms with Crippen LogP contribution in [0.3, 0.4) is 0 Å². The number of likely N-dealkylation sites (tertiary alicyclic amines) is 1. The van der Waals surface area contributed by atoms with Crippen molar-refractivity contribution in [3.05, 3.63) is 47.8 Å². The molecule has 0 spiro atoms. The lowest BCUT2D eigenvalue weighted by Gasteiger charge is -2.33. The van der Waals surface area contributed by atoms with E-state index in [2.05, 4.69) is 21.7 Å². The fourth-order valence-corrected chi connectivity index (χ4v) is 4.92. The topological polar surface area (TPSA) is 160 Å². The van der Waals surface area contributed by atoms with E-state index in [1.54, 1.807) is 54.1 Å². The number of carbonyl (C=O) groups excluding carboxylic acids is 2. The summed E-state index contributed by atoms with van der Waals surface area (Å²) in [5.74, 6) is 1.44.